The van der Waals surface area contributed by atoms with Crippen molar-refractivity contribution in [3.05, 3.63) is 18.0 Å². The van der Waals surface area contributed by atoms with Gasteiger partial charge >= 0.3 is 0 Å². The van der Waals surface area contributed by atoms with Crippen molar-refractivity contribution in [3.8, 4) is 0 Å². The second kappa shape index (κ2) is 6.48. The summed E-state index contributed by atoms with van der Waals surface area (Å²) in [4.78, 5) is 28.7. The Kier molecular flexibility index (Phi) is 4.42. The topological polar surface area (TPSA) is 67.7 Å². The molecule has 3 rings (SSSR count). The minimum atomic E-state index is -0.317. The summed E-state index contributed by atoms with van der Waals surface area (Å²) in [7, 11) is 0. The third-order valence-electron chi connectivity index (χ3n) is 4.24. The molecule has 3 heterocycles. The maximum atomic E-state index is 12.6. The van der Waals surface area contributed by atoms with E-state index in [4.69, 9.17) is 4.74 Å². The molecule has 0 aliphatic carbocycles. The predicted molar refractivity (Wildman–Crippen MR) is 79.1 cm³/mol. The Labute approximate surface area is 129 Å². The molecule has 0 spiro atoms. The smallest absolute Gasteiger partial charge is 0.245 e. The second-order valence-corrected chi connectivity index (χ2v) is 5.90. The van der Waals surface area contributed by atoms with Crippen molar-refractivity contribution in [2.75, 3.05) is 32.8 Å². The van der Waals surface area contributed by atoms with Crippen LogP contribution in [0, 0.1) is 6.92 Å². The number of aromatic nitrogens is 2. The van der Waals surface area contributed by atoms with Gasteiger partial charge in [-0.05, 0) is 25.3 Å². The van der Waals surface area contributed by atoms with E-state index in [0.29, 0.717) is 32.8 Å². The number of rotatable bonds is 3. The number of hydrogen-bond donors (Lipinski definition) is 0. The number of morpholine rings is 1. The van der Waals surface area contributed by atoms with Gasteiger partial charge in [-0.15, -0.1) is 0 Å². The van der Waals surface area contributed by atoms with E-state index in [1.54, 1.807) is 15.8 Å². The van der Waals surface area contributed by atoms with Gasteiger partial charge in [0.15, 0.2) is 0 Å². The molecule has 2 amide bonds. The summed E-state index contributed by atoms with van der Waals surface area (Å²) in [6.07, 6.45) is 5.20. The van der Waals surface area contributed by atoms with E-state index in [1.165, 1.54) is 0 Å². The van der Waals surface area contributed by atoms with Crippen LogP contribution in [0.15, 0.2) is 12.4 Å². The van der Waals surface area contributed by atoms with E-state index in [-0.39, 0.29) is 24.4 Å². The van der Waals surface area contributed by atoms with Gasteiger partial charge in [-0.2, -0.15) is 5.10 Å². The van der Waals surface area contributed by atoms with Crippen molar-refractivity contribution < 1.29 is 14.3 Å². The maximum absolute atomic E-state index is 12.6. The first-order valence-corrected chi connectivity index (χ1v) is 7.80. The average molecular weight is 306 g/mol. The van der Waals surface area contributed by atoms with Crippen molar-refractivity contribution in [1.82, 2.24) is 19.6 Å². The maximum Gasteiger partial charge on any atom is 0.245 e. The fourth-order valence-corrected chi connectivity index (χ4v) is 3.10. The van der Waals surface area contributed by atoms with Crippen LogP contribution < -0.4 is 0 Å². The van der Waals surface area contributed by atoms with Gasteiger partial charge in [0.2, 0.25) is 11.8 Å². The summed E-state index contributed by atoms with van der Waals surface area (Å²) < 4.78 is 6.91. The number of nitrogens with zero attached hydrogens (tertiary/aromatic N) is 4. The third kappa shape index (κ3) is 3.14. The first-order chi connectivity index (χ1) is 10.6. The van der Waals surface area contributed by atoms with Crippen LogP contribution in [0.1, 0.15) is 18.4 Å². The molecule has 0 N–H and O–H groups in total. The van der Waals surface area contributed by atoms with Crippen LogP contribution >= 0.6 is 0 Å². The quantitative estimate of drug-likeness (QED) is 0.791. The summed E-state index contributed by atoms with van der Waals surface area (Å²) in [5, 5.41) is 4.14. The Morgan fingerprint density at radius 2 is 2.09 bits per heavy atom. The van der Waals surface area contributed by atoms with Gasteiger partial charge in [-0.1, -0.05) is 0 Å². The van der Waals surface area contributed by atoms with Gasteiger partial charge in [0.25, 0.3) is 0 Å². The normalized spacial score (nSPS) is 22.1. The molecule has 0 saturated carbocycles. The first kappa shape index (κ1) is 15.0. The van der Waals surface area contributed by atoms with E-state index in [9.17, 15) is 9.59 Å². The van der Waals surface area contributed by atoms with Crippen molar-refractivity contribution in [2.45, 2.75) is 32.4 Å². The first-order valence-electron chi connectivity index (χ1n) is 7.80. The van der Waals surface area contributed by atoms with Crippen LogP contribution in [0.3, 0.4) is 0 Å². The average Bonchev–Trinajstić information content (AvgIpc) is 3.16. The largest absolute Gasteiger partial charge is 0.378 e. The van der Waals surface area contributed by atoms with Crippen LogP contribution in [-0.2, 0) is 20.9 Å². The SMILES string of the molecule is Cc1cnn(CC(=O)N2CCC[C@H]2C(=O)N2CCOCC2)c1. The van der Waals surface area contributed by atoms with Gasteiger partial charge in [0.1, 0.15) is 12.6 Å². The van der Waals surface area contributed by atoms with Gasteiger partial charge in [0, 0.05) is 25.8 Å². The highest BCUT2D eigenvalue weighted by Crippen LogP contribution is 2.20. The molecule has 7 nitrogen and oxygen atoms in total. The van der Waals surface area contributed by atoms with E-state index < -0.39 is 0 Å². The van der Waals surface area contributed by atoms with Gasteiger partial charge in [-0.3, -0.25) is 14.3 Å². The molecule has 2 saturated heterocycles. The molecule has 0 aromatic carbocycles. The lowest BCUT2D eigenvalue weighted by molar-refractivity contribution is -0.146. The molecule has 0 bridgehead atoms. The Morgan fingerprint density at radius 3 is 2.77 bits per heavy atom. The number of amides is 2. The van der Waals surface area contributed by atoms with Crippen LogP contribution in [0.25, 0.3) is 0 Å². The number of aryl methyl sites for hydroxylation is 1. The fourth-order valence-electron chi connectivity index (χ4n) is 3.10. The molecule has 2 aliphatic heterocycles. The summed E-state index contributed by atoms with van der Waals surface area (Å²) in [6.45, 7) is 5.19. The zero-order valence-electron chi connectivity index (χ0n) is 12.9. The standard InChI is InChI=1S/C15H22N4O3/c1-12-9-16-18(10-12)11-14(20)19-4-2-3-13(19)15(21)17-5-7-22-8-6-17/h9-10,13H,2-8,11H2,1H3/t13-/m0/s1. The minimum absolute atomic E-state index is 0.0350. The predicted octanol–water partition coefficient (Wildman–Crippen LogP) is 0.0413. The molecule has 0 unspecified atom stereocenters. The lowest BCUT2D eigenvalue weighted by atomic mass is 10.2. The number of carbonyl (C=O) groups excluding carboxylic acids is 2. The van der Waals surface area contributed by atoms with Gasteiger partial charge in [-0.25, -0.2) is 0 Å². The Hall–Kier alpha value is -1.89. The minimum Gasteiger partial charge on any atom is -0.378 e. The van der Waals surface area contributed by atoms with Crippen molar-refractivity contribution in [3.63, 3.8) is 0 Å². The van der Waals surface area contributed by atoms with Crippen molar-refractivity contribution in [1.29, 1.82) is 0 Å². The molecule has 120 valence electrons. The number of carbonyl (C=O) groups is 2. The lowest BCUT2D eigenvalue weighted by Crippen LogP contribution is -2.51. The Morgan fingerprint density at radius 1 is 1.32 bits per heavy atom. The van der Waals surface area contributed by atoms with E-state index in [0.717, 1.165) is 18.4 Å². The monoisotopic (exact) mass is 306 g/mol. The van der Waals surface area contributed by atoms with Crippen LogP contribution in [0.4, 0.5) is 0 Å². The van der Waals surface area contributed by atoms with Crippen molar-refractivity contribution in [2.24, 2.45) is 0 Å². The Bertz CT molecular complexity index is 551. The summed E-state index contributed by atoms with van der Waals surface area (Å²) >= 11 is 0. The summed E-state index contributed by atoms with van der Waals surface area (Å²) in [5.41, 5.74) is 1.02. The van der Waals surface area contributed by atoms with Crippen LogP contribution in [-0.4, -0.2) is 70.3 Å². The van der Waals surface area contributed by atoms with Gasteiger partial charge in [0.05, 0.1) is 19.4 Å². The summed E-state index contributed by atoms with van der Waals surface area (Å²) in [5.74, 6) is 0.0259. The molecule has 1 atom stereocenters. The van der Waals surface area contributed by atoms with E-state index >= 15 is 0 Å². The molecule has 2 aliphatic rings. The van der Waals surface area contributed by atoms with Crippen molar-refractivity contribution >= 4 is 11.8 Å². The number of likely N-dealkylation sites (tertiary alicyclic amines) is 1. The molecule has 22 heavy (non-hydrogen) atoms. The number of hydrogen-bond acceptors (Lipinski definition) is 4. The molecular formula is C15H22N4O3. The lowest BCUT2D eigenvalue weighted by Gasteiger charge is -2.32. The molecular weight excluding hydrogens is 284 g/mol. The second-order valence-electron chi connectivity index (χ2n) is 5.90. The van der Waals surface area contributed by atoms with Gasteiger partial charge < -0.3 is 14.5 Å². The van der Waals surface area contributed by atoms with E-state index in [2.05, 4.69) is 5.10 Å². The molecule has 1 aromatic heterocycles. The fraction of sp³-hybridized carbons (Fsp3) is 0.667. The zero-order chi connectivity index (χ0) is 15.5. The molecule has 7 heteroatoms. The highest BCUT2D eigenvalue weighted by Gasteiger charge is 2.36. The van der Waals surface area contributed by atoms with E-state index in [1.807, 2.05) is 18.0 Å². The Balaban J connectivity index is 1.64. The highest BCUT2D eigenvalue weighted by molar-refractivity contribution is 5.88. The molecule has 0 radical (unpaired) electrons. The zero-order valence-corrected chi connectivity index (χ0v) is 12.9. The highest BCUT2D eigenvalue weighted by atomic mass is 16.5. The number of ether oxygens (including phenoxy) is 1. The summed E-state index contributed by atoms with van der Waals surface area (Å²) in [6, 6.07) is -0.317. The molecule has 1 aromatic rings. The van der Waals surface area contributed by atoms with Crippen LogP contribution in [0.5, 0.6) is 0 Å². The van der Waals surface area contributed by atoms with Crippen LogP contribution in [0.2, 0.25) is 0 Å². The third-order valence-corrected chi connectivity index (χ3v) is 4.24. The molecule has 2 fully saturated rings.